The number of rotatable bonds is 3. The van der Waals surface area contributed by atoms with E-state index in [1.54, 1.807) is 4.90 Å². The van der Waals surface area contributed by atoms with E-state index in [9.17, 15) is 14.4 Å². The highest BCUT2D eigenvalue weighted by Gasteiger charge is 2.44. The fourth-order valence-electron chi connectivity index (χ4n) is 2.98. The molecule has 1 atom stereocenters. The Labute approximate surface area is 132 Å². The van der Waals surface area contributed by atoms with Crippen LogP contribution in [-0.2, 0) is 14.3 Å². The number of cyclic esters (lactones) is 1. The second kappa shape index (κ2) is 6.27. The normalized spacial score (nSPS) is 22.1. The molecule has 0 aliphatic carbocycles. The van der Waals surface area contributed by atoms with Crippen molar-refractivity contribution in [1.29, 1.82) is 0 Å². The maximum absolute atomic E-state index is 12.2. The number of ether oxygens (including phenoxy) is 2. The average molecular weight is 323 g/mol. The lowest BCUT2D eigenvalue weighted by molar-refractivity contribution is -0.145. The first-order valence-corrected chi connectivity index (χ1v) is 7.34. The smallest absolute Gasteiger partial charge is 0.410 e. The van der Waals surface area contributed by atoms with Crippen molar-refractivity contribution in [3.8, 4) is 0 Å². The highest BCUT2D eigenvalue weighted by atomic mass is 16.6. The fraction of sp³-hybridized carbons (Fsp3) is 0.571. The molecule has 1 aromatic heterocycles. The second-order valence-corrected chi connectivity index (χ2v) is 5.42. The minimum Gasteiger partial charge on any atom is -0.467 e. The van der Waals surface area contributed by atoms with E-state index in [-0.39, 0.29) is 24.3 Å². The Hall–Kier alpha value is -2.58. The molecule has 2 aliphatic heterocycles. The van der Waals surface area contributed by atoms with E-state index < -0.39 is 18.1 Å². The summed E-state index contributed by atoms with van der Waals surface area (Å²) >= 11 is 0. The van der Waals surface area contributed by atoms with E-state index >= 15 is 0 Å². The van der Waals surface area contributed by atoms with Crippen LogP contribution < -0.4 is 0 Å². The molecule has 0 saturated carbocycles. The Balaban J connectivity index is 1.63. The van der Waals surface area contributed by atoms with Crippen molar-refractivity contribution < 1.29 is 28.4 Å². The summed E-state index contributed by atoms with van der Waals surface area (Å²) in [6.07, 6.45) is 2.02. The second-order valence-electron chi connectivity index (χ2n) is 5.42. The quantitative estimate of drug-likeness (QED) is 0.736. The predicted octanol–water partition coefficient (Wildman–Crippen LogP) is 0.273. The molecule has 2 fully saturated rings. The maximum Gasteiger partial charge on any atom is 0.410 e. The zero-order valence-corrected chi connectivity index (χ0v) is 12.6. The molecule has 0 radical (unpaired) electrons. The van der Waals surface area contributed by atoms with Crippen LogP contribution in [0.3, 0.4) is 0 Å². The van der Waals surface area contributed by atoms with Gasteiger partial charge in [0.25, 0.3) is 5.91 Å². The number of carbonyl (C=O) groups excluding carboxylic acids is 3. The monoisotopic (exact) mass is 323 g/mol. The van der Waals surface area contributed by atoms with Crippen molar-refractivity contribution in [2.75, 3.05) is 26.8 Å². The molecule has 9 nitrogen and oxygen atoms in total. The molecular formula is C14H17N3O6. The molecule has 3 rings (SSSR count). The molecule has 3 heterocycles. The summed E-state index contributed by atoms with van der Waals surface area (Å²) in [6.45, 7) is 0.923. The zero-order valence-electron chi connectivity index (χ0n) is 12.6. The van der Waals surface area contributed by atoms with E-state index in [0.29, 0.717) is 25.9 Å². The van der Waals surface area contributed by atoms with Gasteiger partial charge >= 0.3 is 12.1 Å². The number of aromatic nitrogens is 1. The molecule has 2 amide bonds. The number of carbonyl (C=O) groups is 3. The number of likely N-dealkylation sites (tertiary alicyclic amines) is 1. The van der Waals surface area contributed by atoms with E-state index in [4.69, 9.17) is 14.0 Å². The molecule has 9 heteroatoms. The SMILES string of the molecule is COC(=O)[C@H]1COC(=O)N1C1CCN(C(=O)c2ccno2)CC1. The van der Waals surface area contributed by atoms with Gasteiger partial charge < -0.3 is 18.9 Å². The number of hydrogen-bond donors (Lipinski definition) is 0. The topological polar surface area (TPSA) is 102 Å². The van der Waals surface area contributed by atoms with Gasteiger partial charge in [-0.1, -0.05) is 5.16 Å². The minimum absolute atomic E-state index is 0.00269. The van der Waals surface area contributed by atoms with Gasteiger partial charge in [0, 0.05) is 25.2 Å². The highest BCUT2D eigenvalue weighted by Crippen LogP contribution is 2.25. The zero-order chi connectivity index (χ0) is 16.4. The fourth-order valence-corrected chi connectivity index (χ4v) is 2.98. The number of esters is 1. The first-order chi connectivity index (χ1) is 11.1. The van der Waals surface area contributed by atoms with Crippen LogP contribution in [-0.4, -0.2) is 71.8 Å². The number of piperidine rings is 1. The molecule has 0 aromatic carbocycles. The molecule has 124 valence electrons. The van der Waals surface area contributed by atoms with Crippen LogP contribution >= 0.6 is 0 Å². The van der Waals surface area contributed by atoms with E-state index in [1.807, 2.05) is 0 Å². The van der Waals surface area contributed by atoms with Gasteiger partial charge in [-0.3, -0.25) is 9.69 Å². The lowest BCUT2D eigenvalue weighted by Crippen LogP contribution is -2.51. The van der Waals surface area contributed by atoms with E-state index in [0.717, 1.165) is 0 Å². The lowest BCUT2D eigenvalue weighted by atomic mass is 10.0. The third-order valence-electron chi connectivity index (χ3n) is 4.18. The van der Waals surface area contributed by atoms with Crippen molar-refractivity contribution in [2.24, 2.45) is 0 Å². The van der Waals surface area contributed by atoms with E-state index in [1.165, 1.54) is 24.3 Å². The summed E-state index contributed by atoms with van der Waals surface area (Å²) in [7, 11) is 1.28. The Morgan fingerprint density at radius 2 is 2.09 bits per heavy atom. The summed E-state index contributed by atoms with van der Waals surface area (Å²) in [6, 6.07) is 0.640. The molecule has 0 unspecified atom stereocenters. The molecule has 0 N–H and O–H groups in total. The molecule has 0 spiro atoms. The molecule has 2 aliphatic rings. The van der Waals surface area contributed by atoms with Gasteiger partial charge in [0.15, 0.2) is 6.04 Å². The standard InChI is InChI=1S/C14H17N3O6/c1-21-13(19)10-8-22-14(20)17(10)9-3-6-16(7-4-9)12(18)11-2-5-15-23-11/h2,5,9-10H,3-4,6-8H2,1H3/t10-/m1/s1. The van der Waals surface area contributed by atoms with Gasteiger partial charge in [-0.15, -0.1) is 0 Å². The van der Waals surface area contributed by atoms with Crippen LogP contribution in [0.1, 0.15) is 23.4 Å². The van der Waals surface area contributed by atoms with Crippen molar-refractivity contribution in [3.63, 3.8) is 0 Å². The maximum atomic E-state index is 12.2. The summed E-state index contributed by atoms with van der Waals surface area (Å²) in [5.41, 5.74) is 0. The molecule has 2 saturated heterocycles. The predicted molar refractivity (Wildman–Crippen MR) is 74.4 cm³/mol. The number of methoxy groups -OCH3 is 1. The third-order valence-corrected chi connectivity index (χ3v) is 4.18. The first-order valence-electron chi connectivity index (χ1n) is 7.34. The van der Waals surface area contributed by atoms with Gasteiger partial charge in [-0.05, 0) is 12.8 Å². The van der Waals surface area contributed by atoms with Crippen molar-refractivity contribution in [2.45, 2.75) is 24.9 Å². The molecular weight excluding hydrogens is 306 g/mol. The van der Waals surface area contributed by atoms with Crippen LogP contribution in [0.2, 0.25) is 0 Å². The number of nitrogens with zero attached hydrogens (tertiary/aromatic N) is 3. The largest absolute Gasteiger partial charge is 0.467 e. The number of amides is 2. The summed E-state index contributed by atoms with van der Waals surface area (Å²) < 4.78 is 14.6. The van der Waals surface area contributed by atoms with Gasteiger partial charge in [0.05, 0.1) is 13.3 Å². The Morgan fingerprint density at radius 3 is 2.70 bits per heavy atom. The molecule has 23 heavy (non-hydrogen) atoms. The van der Waals surface area contributed by atoms with Gasteiger partial charge in [-0.25, -0.2) is 9.59 Å². The lowest BCUT2D eigenvalue weighted by Gasteiger charge is -2.36. The van der Waals surface area contributed by atoms with Crippen LogP contribution in [0.25, 0.3) is 0 Å². The molecule has 0 bridgehead atoms. The number of hydrogen-bond acceptors (Lipinski definition) is 7. The van der Waals surface area contributed by atoms with Crippen LogP contribution in [0.15, 0.2) is 16.8 Å². The Morgan fingerprint density at radius 1 is 1.35 bits per heavy atom. The summed E-state index contributed by atoms with van der Waals surface area (Å²) in [5.74, 6) is -0.526. The van der Waals surface area contributed by atoms with Crippen molar-refractivity contribution >= 4 is 18.0 Å². The third kappa shape index (κ3) is 2.86. The van der Waals surface area contributed by atoms with Crippen LogP contribution in [0.5, 0.6) is 0 Å². The van der Waals surface area contributed by atoms with Gasteiger partial charge in [0.1, 0.15) is 6.61 Å². The first kappa shape index (κ1) is 15.3. The van der Waals surface area contributed by atoms with Crippen molar-refractivity contribution in [3.05, 3.63) is 18.0 Å². The van der Waals surface area contributed by atoms with Gasteiger partial charge in [0.2, 0.25) is 5.76 Å². The van der Waals surface area contributed by atoms with E-state index in [2.05, 4.69) is 5.16 Å². The molecule has 1 aromatic rings. The van der Waals surface area contributed by atoms with Crippen LogP contribution in [0.4, 0.5) is 4.79 Å². The van der Waals surface area contributed by atoms with Gasteiger partial charge in [-0.2, -0.15) is 0 Å². The van der Waals surface area contributed by atoms with Crippen LogP contribution in [0, 0.1) is 0 Å². The summed E-state index contributed by atoms with van der Waals surface area (Å²) in [4.78, 5) is 38.9. The average Bonchev–Trinajstić information content (AvgIpc) is 3.23. The van der Waals surface area contributed by atoms with Crippen molar-refractivity contribution in [1.82, 2.24) is 15.0 Å². The highest BCUT2D eigenvalue weighted by molar-refractivity contribution is 5.91. The Kier molecular flexibility index (Phi) is 4.18. The summed E-state index contributed by atoms with van der Waals surface area (Å²) in [5, 5.41) is 3.52. The minimum atomic E-state index is -0.714. The Bertz CT molecular complexity index is 594.